The van der Waals surface area contributed by atoms with Crippen molar-refractivity contribution in [2.45, 2.75) is 19.9 Å². The van der Waals surface area contributed by atoms with Crippen LogP contribution in [0, 0.1) is 21.4 Å². The number of imide groups is 1. The number of aromatic nitrogens is 2. The van der Waals surface area contributed by atoms with Crippen molar-refractivity contribution in [2.75, 3.05) is 0 Å². The number of nitriles is 1. The standard InChI is InChI=1S/C23H18N6O5/c1-2-19-18(21(30)28(26-19)16-6-8-17(9-7-16)29(33)34)11-20-22(31)27(23(32)25-20)13-15-5-3-4-14(10-15)12-24/h3-11,26H,2,13H2,1H3,(H,25,32)/b20-11-. The molecule has 1 aliphatic rings. The zero-order chi connectivity index (χ0) is 24.4. The number of aryl methyl sites for hydroxylation is 1. The van der Waals surface area contributed by atoms with E-state index >= 15 is 0 Å². The minimum Gasteiger partial charge on any atom is -0.303 e. The quantitative estimate of drug-likeness (QED) is 0.250. The van der Waals surface area contributed by atoms with Gasteiger partial charge in [-0.3, -0.25) is 29.7 Å². The number of hydrogen-bond donors (Lipinski definition) is 2. The molecule has 0 bridgehead atoms. The highest BCUT2D eigenvalue weighted by atomic mass is 16.6. The third kappa shape index (κ3) is 4.07. The number of carbonyl (C=O) groups is 2. The number of benzene rings is 2. The van der Waals surface area contributed by atoms with E-state index in [4.69, 9.17) is 5.26 Å². The van der Waals surface area contributed by atoms with Crippen LogP contribution in [-0.4, -0.2) is 31.5 Å². The smallest absolute Gasteiger partial charge is 0.303 e. The number of H-pyrrole nitrogens is 1. The largest absolute Gasteiger partial charge is 0.329 e. The van der Waals surface area contributed by atoms with Gasteiger partial charge < -0.3 is 5.32 Å². The van der Waals surface area contributed by atoms with Crippen LogP contribution in [0.15, 0.2) is 59.0 Å². The van der Waals surface area contributed by atoms with E-state index in [0.717, 1.165) is 4.90 Å². The Morgan fingerprint density at radius 1 is 1.15 bits per heavy atom. The Bertz CT molecular complexity index is 1440. The predicted octanol–water partition coefficient (Wildman–Crippen LogP) is 2.60. The monoisotopic (exact) mass is 458 g/mol. The molecule has 170 valence electrons. The van der Waals surface area contributed by atoms with Gasteiger partial charge in [-0.25, -0.2) is 9.48 Å². The number of nitrogens with zero attached hydrogens (tertiary/aromatic N) is 4. The summed E-state index contributed by atoms with van der Waals surface area (Å²) in [6.45, 7) is 1.79. The average Bonchev–Trinajstić information content (AvgIpc) is 3.30. The van der Waals surface area contributed by atoms with E-state index in [0.29, 0.717) is 28.9 Å². The Kier molecular flexibility index (Phi) is 5.80. The molecule has 1 fully saturated rings. The van der Waals surface area contributed by atoms with Gasteiger partial charge in [0.15, 0.2) is 0 Å². The van der Waals surface area contributed by atoms with Crippen molar-refractivity contribution in [1.82, 2.24) is 20.0 Å². The summed E-state index contributed by atoms with van der Waals surface area (Å²) in [6.07, 6.45) is 1.76. The fourth-order valence-corrected chi connectivity index (χ4v) is 3.60. The summed E-state index contributed by atoms with van der Waals surface area (Å²) in [5.74, 6) is -0.600. The Labute approximate surface area is 192 Å². The number of hydrogen-bond acceptors (Lipinski definition) is 6. The normalized spacial score (nSPS) is 14.4. The van der Waals surface area contributed by atoms with Gasteiger partial charge >= 0.3 is 6.03 Å². The molecule has 0 radical (unpaired) electrons. The zero-order valence-electron chi connectivity index (χ0n) is 17.9. The highest BCUT2D eigenvalue weighted by molar-refractivity contribution is 6.13. The topological polar surface area (TPSA) is 154 Å². The molecule has 3 amide bonds. The SMILES string of the molecule is CCc1[nH]n(-c2ccc([N+](=O)[O-])cc2)c(=O)c1/C=C1\NC(=O)N(Cc2cccc(C#N)c2)C1=O. The van der Waals surface area contributed by atoms with Crippen LogP contribution >= 0.6 is 0 Å². The predicted molar refractivity (Wildman–Crippen MR) is 121 cm³/mol. The van der Waals surface area contributed by atoms with Crippen LogP contribution in [0.2, 0.25) is 0 Å². The highest BCUT2D eigenvalue weighted by Gasteiger charge is 2.34. The Balaban J connectivity index is 1.65. The molecule has 0 saturated carbocycles. The summed E-state index contributed by atoms with van der Waals surface area (Å²) in [6, 6.07) is 13.4. The van der Waals surface area contributed by atoms with E-state index in [9.17, 15) is 24.5 Å². The second-order valence-electron chi connectivity index (χ2n) is 7.46. The number of non-ortho nitro benzene ring substituents is 1. The molecular weight excluding hydrogens is 440 g/mol. The first kappa shape index (κ1) is 22.2. The minimum atomic E-state index is -0.636. The summed E-state index contributed by atoms with van der Waals surface area (Å²) >= 11 is 0. The van der Waals surface area contributed by atoms with Crippen LogP contribution in [0.5, 0.6) is 0 Å². The van der Waals surface area contributed by atoms with Crippen molar-refractivity contribution in [2.24, 2.45) is 0 Å². The maximum atomic E-state index is 13.1. The lowest BCUT2D eigenvalue weighted by molar-refractivity contribution is -0.384. The molecule has 34 heavy (non-hydrogen) atoms. The second kappa shape index (κ2) is 8.87. The number of urea groups is 1. The van der Waals surface area contributed by atoms with Crippen LogP contribution < -0.4 is 10.9 Å². The number of nitrogens with one attached hydrogen (secondary N) is 2. The van der Waals surface area contributed by atoms with Gasteiger partial charge in [0.25, 0.3) is 17.2 Å². The Morgan fingerprint density at radius 3 is 2.53 bits per heavy atom. The molecule has 1 aromatic heterocycles. The average molecular weight is 458 g/mol. The number of aromatic amines is 1. The van der Waals surface area contributed by atoms with E-state index in [1.807, 2.05) is 13.0 Å². The molecular formula is C23H18N6O5. The minimum absolute atomic E-state index is 0.0294. The van der Waals surface area contributed by atoms with Crippen LogP contribution in [0.25, 0.3) is 11.8 Å². The Hall–Kier alpha value is -4.98. The molecule has 0 atom stereocenters. The highest BCUT2D eigenvalue weighted by Crippen LogP contribution is 2.19. The molecule has 0 aliphatic carbocycles. The summed E-state index contributed by atoms with van der Waals surface area (Å²) in [5, 5.41) is 25.4. The van der Waals surface area contributed by atoms with Crippen molar-refractivity contribution >= 4 is 23.7 Å². The van der Waals surface area contributed by atoms with Crippen LogP contribution in [-0.2, 0) is 17.8 Å². The summed E-state index contributed by atoms with van der Waals surface area (Å²) in [5.41, 5.74) is 1.49. The van der Waals surface area contributed by atoms with E-state index in [1.54, 1.807) is 24.3 Å². The van der Waals surface area contributed by atoms with Gasteiger partial charge in [-0.15, -0.1) is 0 Å². The van der Waals surface area contributed by atoms with Gasteiger partial charge in [-0.2, -0.15) is 5.26 Å². The van der Waals surface area contributed by atoms with Crippen molar-refractivity contribution < 1.29 is 14.5 Å². The number of nitro benzene ring substituents is 1. The Morgan fingerprint density at radius 2 is 1.88 bits per heavy atom. The first-order chi connectivity index (χ1) is 16.3. The second-order valence-corrected chi connectivity index (χ2v) is 7.46. The molecule has 11 heteroatoms. The number of carbonyl (C=O) groups excluding carboxylic acids is 2. The zero-order valence-corrected chi connectivity index (χ0v) is 17.9. The molecule has 2 N–H and O–H groups in total. The fraction of sp³-hybridized carbons (Fsp3) is 0.130. The van der Waals surface area contributed by atoms with Crippen molar-refractivity contribution in [3.8, 4) is 11.8 Å². The third-order valence-electron chi connectivity index (χ3n) is 5.33. The van der Waals surface area contributed by atoms with Crippen molar-refractivity contribution in [3.63, 3.8) is 0 Å². The van der Waals surface area contributed by atoms with Gasteiger partial charge in [0.05, 0.1) is 34.4 Å². The van der Waals surface area contributed by atoms with E-state index in [-0.39, 0.29) is 23.5 Å². The number of amides is 3. The molecule has 1 aliphatic heterocycles. The number of rotatable bonds is 6. The maximum Gasteiger partial charge on any atom is 0.329 e. The van der Waals surface area contributed by atoms with Gasteiger partial charge in [0, 0.05) is 17.8 Å². The molecule has 0 spiro atoms. The number of nitro groups is 1. The molecule has 0 unspecified atom stereocenters. The summed E-state index contributed by atoms with van der Waals surface area (Å²) < 4.78 is 1.22. The first-order valence-corrected chi connectivity index (χ1v) is 10.2. The lowest BCUT2D eigenvalue weighted by Gasteiger charge is -2.11. The molecule has 3 aromatic rings. The van der Waals surface area contributed by atoms with Gasteiger partial charge in [0.2, 0.25) is 0 Å². The molecule has 2 aromatic carbocycles. The molecule has 11 nitrogen and oxygen atoms in total. The maximum absolute atomic E-state index is 13.1. The molecule has 2 heterocycles. The lowest BCUT2D eigenvalue weighted by atomic mass is 10.1. The van der Waals surface area contributed by atoms with Crippen LogP contribution in [0.3, 0.4) is 0 Å². The van der Waals surface area contributed by atoms with Crippen molar-refractivity contribution in [3.05, 3.63) is 97.1 Å². The lowest BCUT2D eigenvalue weighted by Crippen LogP contribution is -2.30. The summed E-state index contributed by atoms with van der Waals surface area (Å²) in [7, 11) is 0. The van der Waals surface area contributed by atoms with Gasteiger partial charge in [-0.1, -0.05) is 19.1 Å². The van der Waals surface area contributed by atoms with E-state index in [2.05, 4.69) is 10.4 Å². The first-order valence-electron chi connectivity index (χ1n) is 10.2. The van der Waals surface area contributed by atoms with Gasteiger partial charge in [-0.05, 0) is 42.3 Å². The van der Waals surface area contributed by atoms with Crippen LogP contribution in [0.4, 0.5) is 10.5 Å². The third-order valence-corrected chi connectivity index (χ3v) is 5.33. The van der Waals surface area contributed by atoms with Crippen LogP contribution in [0.1, 0.15) is 29.3 Å². The fourth-order valence-electron chi connectivity index (χ4n) is 3.60. The van der Waals surface area contributed by atoms with Gasteiger partial charge in [0.1, 0.15) is 5.70 Å². The summed E-state index contributed by atoms with van der Waals surface area (Å²) in [4.78, 5) is 49.7. The molecule has 4 rings (SSSR count). The van der Waals surface area contributed by atoms with E-state index < -0.39 is 22.4 Å². The molecule has 1 saturated heterocycles. The van der Waals surface area contributed by atoms with Crippen molar-refractivity contribution in [1.29, 1.82) is 5.26 Å². The van der Waals surface area contributed by atoms with E-state index in [1.165, 1.54) is 35.0 Å².